The van der Waals surface area contributed by atoms with Crippen molar-refractivity contribution in [3.05, 3.63) is 46.8 Å². The van der Waals surface area contributed by atoms with Crippen LogP contribution >= 0.6 is 0 Å². The molecule has 4 nitrogen and oxygen atoms in total. The maximum atomic E-state index is 10.4. The smallest absolute Gasteiger partial charge is 0.125 e. The molecular weight excluding hydrogens is 262 g/mol. The van der Waals surface area contributed by atoms with E-state index < -0.39 is 0 Å². The number of fused-ring (bicyclic) bond motifs is 1. The summed E-state index contributed by atoms with van der Waals surface area (Å²) >= 11 is 0. The van der Waals surface area contributed by atoms with E-state index in [1.807, 2.05) is 19.2 Å². The van der Waals surface area contributed by atoms with Crippen molar-refractivity contribution in [2.75, 3.05) is 0 Å². The fraction of sp³-hybridized carbons (Fsp3) is 0.529. The summed E-state index contributed by atoms with van der Waals surface area (Å²) in [5, 5.41) is 10.4. The lowest BCUT2D eigenvalue weighted by molar-refractivity contribution is 0.0981. The van der Waals surface area contributed by atoms with Crippen LogP contribution in [0.1, 0.15) is 54.8 Å². The van der Waals surface area contributed by atoms with Gasteiger partial charge in [0.1, 0.15) is 5.82 Å². The van der Waals surface area contributed by atoms with Crippen LogP contribution in [0.5, 0.6) is 0 Å². The van der Waals surface area contributed by atoms with Crippen LogP contribution in [0.3, 0.4) is 0 Å². The van der Waals surface area contributed by atoms with Gasteiger partial charge in [0.2, 0.25) is 0 Å². The summed E-state index contributed by atoms with van der Waals surface area (Å²) in [5.74, 6) is 0.798. The maximum Gasteiger partial charge on any atom is 0.125 e. The number of nitrogens with zero attached hydrogens (tertiary/aromatic N) is 3. The van der Waals surface area contributed by atoms with Crippen LogP contribution in [-0.4, -0.2) is 19.6 Å². The van der Waals surface area contributed by atoms with E-state index in [9.17, 15) is 5.11 Å². The minimum atomic E-state index is -0.351. The van der Waals surface area contributed by atoms with E-state index in [0.717, 1.165) is 36.5 Å². The van der Waals surface area contributed by atoms with Crippen LogP contribution < -0.4 is 0 Å². The van der Waals surface area contributed by atoms with Gasteiger partial charge in [0.25, 0.3) is 0 Å². The molecule has 1 aliphatic rings. The Bertz CT molecular complexity index is 673. The minimum absolute atomic E-state index is 0.135. The van der Waals surface area contributed by atoms with Gasteiger partial charge in [-0.1, -0.05) is 13.8 Å². The van der Waals surface area contributed by atoms with Gasteiger partial charge >= 0.3 is 0 Å². The summed E-state index contributed by atoms with van der Waals surface area (Å²) in [7, 11) is 0. The fourth-order valence-electron chi connectivity index (χ4n) is 3.38. The van der Waals surface area contributed by atoms with Crippen molar-refractivity contribution in [2.45, 2.75) is 53.2 Å². The molecule has 0 saturated carbocycles. The molecule has 21 heavy (non-hydrogen) atoms. The van der Waals surface area contributed by atoms with Gasteiger partial charge in [-0.3, -0.25) is 0 Å². The molecule has 0 bridgehead atoms. The summed E-state index contributed by atoms with van der Waals surface area (Å²) in [6.45, 7) is 9.20. The second-order valence-corrected chi connectivity index (χ2v) is 6.93. The highest BCUT2D eigenvalue weighted by Gasteiger charge is 2.34. The van der Waals surface area contributed by atoms with Crippen molar-refractivity contribution in [1.82, 2.24) is 14.5 Å². The third-order valence-corrected chi connectivity index (χ3v) is 4.35. The predicted molar refractivity (Wildman–Crippen MR) is 82.1 cm³/mol. The summed E-state index contributed by atoms with van der Waals surface area (Å²) in [5.41, 5.74) is 4.69. The highest BCUT2D eigenvalue weighted by atomic mass is 16.3. The second-order valence-electron chi connectivity index (χ2n) is 6.93. The highest BCUT2D eigenvalue weighted by Crippen LogP contribution is 2.42. The molecule has 1 aliphatic carbocycles. The monoisotopic (exact) mass is 285 g/mol. The molecule has 2 aromatic heterocycles. The van der Waals surface area contributed by atoms with Gasteiger partial charge in [0.15, 0.2) is 0 Å². The third-order valence-electron chi connectivity index (χ3n) is 4.35. The first-order chi connectivity index (χ1) is 9.85. The van der Waals surface area contributed by atoms with Gasteiger partial charge in [-0.25, -0.2) is 9.97 Å². The van der Waals surface area contributed by atoms with Gasteiger partial charge in [0.05, 0.1) is 18.3 Å². The Morgan fingerprint density at radius 2 is 2.14 bits per heavy atom. The number of hydrogen-bond acceptors (Lipinski definition) is 3. The standard InChI is InChI=1S/C17H23N3O/c1-11-7-14-15(8-17(3,4)9-16(14)21)20(11)10-13-5-6-18-12(2)19-13/h5-7,16,21H,8-10H2,1-4H3. The number of aryl methyl sites for hydroxylation is 2. The van der Waals surface area contributed by atoms with Crippen LogP contribution in [0.25, 0.3) is 0 Å². The normalized spacial score (nSPS) is 20.3. The lowest BCUT2D eigenvalue weighted by atomic mass is 9.75. The first-order valence-corrected chi connectivity index (χ1v) is 7.51. The summed E-state index contributed by atoms with van der Waals surface area (Å²) < 4.78 is 2.29. The molecular formula is C17H23N3O. The van der Waals surface area contributed by atoms with Gasteiger partial charge < -0.3 is 9.67 Å². The van der Waals surface area contributed by atoms with Gasteiger partial charge in [-0.05, 0) is 44.2 Å². The molecule has 1 unspecified atom stereocenters. The van der Waals surface area contributed by atoms with E-state index in [1.165, 1.54) is 11.4 Å². The largest absolute Gasteiger partial charge is 0.388 e. The molecule has 0 amide bonds. The maximum absolute atomic E-state index is 10.4. The number of aliphatic hydroxyl groups excluding tert-OH is 1. The quantitative estimate of drug-likeness (QED) is 0.923. The average Bonchev–Trinajstić information content (AvgIpc) is 2.66. The first-order valence-electron chi connectivity index (χ1n) is 7.51. The number of rotatable bonds is 2. The SMILES string of the molecule is Cc1nccc(Cn2c(C)cc3c2CC(C)(C)CC3O)n1. The first kappa shape index (κ1) is 14.3. The molecule has 0 aromatic carbocycles. The molecule has 0 radical (unpaired) electrons. The van der Waals surface area contributed by atoms with E-state index in [2.05, 4.69) is 41.4 Å². The van der Waals surface area contributed by atoms with Crippen LogP contribution in [-0.2, 0) is 13.0 Å². The van der Waals surface area contributed by atoms with Crippen molar-refractivity contribution in [2.24, 2.45) is 5.41 Å². The number of aliphatic hydroxyl groups is 1. The lowest BCUT2D eigenvalue weighted by Gasteiger charge is -2.34. The fourth-order valence-corrected chi connectivity index (χ4v) is 3.38. The van der Waals surface area contributed by atoms with E-state index >= 15 is 0 Å². The molecule has 0 fully saturated rings. The Hall–Kier alpha value is -1.68. The summed E-state index contributed by atoms with van der Waals surface area (Å²) in [4.78, 5) is 8.65. The molecule has 3 rings (SSSR count). The van der Waals surface area contributed by atoms with Crippen molar-refractivity contribution < 1.29 is 5.11 Å². The summed E-state index contributed by atoms with van der Waals surface area (Å²) in [6, 6.07) is 4.09. The molecule has 1 N–H and O–H groups in total. The second kappa shape index (κ2) is 4.95. The predicted octanol–water partition coefficient (Wildman–Crippen LogP) is 2.95. The molecule has 2 heterocycles. The minimum Gasteiger partial charge on any atom is -0.388 e. The number of aromatic nitrogens is 3. The van der Waals surface area contributed by atoms with E-state index in [0.29, 0.717) is 0 Å². The van der Waals surface area contributed by atoms with Crippen LogP contribution in [0, 0.1) is 19.3 Å². The molecule has 4 heteroatoms. The molecule has 0 saturated heterocycles. The van der Waals surface area contributed by atoms with Crippen LogP contribution in [0.4, 0.5) is 0 Å². The Morgan fingerprint density at radius 3 is 2.86 bits per heavy atom. The van der Waals surface area contributed by atoms with Crippen LogP contribution in [0.2, 0.25) is 0 Å². The zero-order valence-electron chi connectivity index (χ0n) is 13.2. The molecule has 112 valence electrons. The van der Waals surface area contributed by atoms with Crippen molar-refractivity contribution in [3.63, 3.8) is 0 Å². The lowest BCUT2D eigenvalue weighted by Crippen LogP contribution is -2.27. The molecule has 0 aliphatic heterocycles. The van der Waals surface area contributed by atoms with Crippen LogP contribution in [0.15, 0.2) is 18.3 Å². The number of hydrogen-bond donors (Lipinski definition) is 1. The highest BCUT2D eigenvalue weighted by molar-refractivity contribution is 5.34. The third kappa shape index (κ3) is 2.72. The molecule has 1 atom stereocenters. The molecule has 0 spiro atoms. The zero-order chi connectivity index (χ0) is 15.2. The van der Waals surface area contributed by atoms with Crippen molar-refractivity contribution in [1.29, 1.82) is 0 Å². The molecule has 2 aromatic rings. The average molecular weight is 285 g/mol. The Labute approximate surface area is 125 Å². The zero-order valence-corrected chi connectivity index (χ0v) is 13.2. The van der Waals surface area contributed by atoms with E-state index in [4.69, 9.17) is 0 Å². The van der Waals surface area contributed by atoms with E-state index in [-0.39, 0.29) is 11.5 Å². The summed E-state index contributed by atoms with van der Waals surface area (Å²) in [6.07, 6.45) is 3.28. The Morgan fingerprint density at radius 1 is 1.38 bits per heavy atom. The Kier molecular flexibility index (Phi) is 3.36. The van der Waals surface area contributed by atoms with Gasteiger partial charge in [0, 0.05) is 23.1 Å². The van der Waals surface area contributed by atoms with Gasteiger partial charge in [-0.2, -0.15) is 0 Å². The van der Waals surface area contributed by atoms with Gasteiger partial charge in [-0.15, -0.1) is 0 Å². The van der Waals surface area contributed by atoms with Crippen molar-refractivity contribution >= 4 is 0 Å². The Balaban J connectivity index is 2.00. The topological polar surface area (TPSA) is 50.9 Å². The van der Waals surface area contributed by atoms with E-state index in [1.54, 1.807) is 0 Å². The van der Waals surface area contributed by atoms with Crippen molar-refractivity contribution in [3.8, 4) is 0 Å².